The minimum atomic E-state index is -4.98. The number of carbonyl (C=O) groups excluding carboxylic acids is 4. The maximum absolute atomic E-state index is 13.1. The van der Waals surface area contributed by atoms with Crippen molar-refractivity contribution in [3.8, 4) is 0 Å². The van der Waals surface area contributed by atoms with E-state index in [0.717, 1.165) is 173 Å². The predicted octanol–water partition coefficient (Wildman–Crippen LogP) is 21.2. The van der Waals surface area contributed by atoms with Crippen molar-refractivity contribution in [2.75, 3.05) is 39.6 Å². The first-order valence-corrected chi connectivity index (χ1v) is 40.5. The first-order valence-electron chi connectivity index (χ1n) is 37.5. The summed E-state index contributed by atoms with van der Waals surface area (Å²) in [6, 6.07) is 0. The third kappa shape index (κ3) is 68.5. The standard InChI is InChI=1S/C77H134O17P2/c1-5-9-13-17-21-25-29-32-34-35-37-39-43-46-50-54-58-62-75(80)88-68-73(94-77(82)64-60-56-52-48-44-40-36-33-30-26-22-18-14-10-6-2)70-92-96(85,86)90-66-71(78)65-89-95(83,84)91-69-72(93-76(81)63-59-55-51-47-41-28-24-20-16-12-8-4)67-87-74(79)61-57-53-49-45-42-38-31-27-23-19-15-11-7-3/h9,13,15,19,21-22,25-27,31-34,36-37,39,71-73,78H,5-8,10-12,14,16-18,20,23-24,28-30,35,38,40-70H2,1-4H3,(H,83,84)(H,85,86)/b13-9-,19-15-,25-21-,26-22-,31-27-,34-32-,36-33-,39-37-. The van der Waals surface area contributed by atoms with Crippen LogP contribution in [-0.2, 0) is 65.4 Å². The van der Waals surface area contributed by atoms with Crippen molar-refractivity contribution in [2.24, 2.45) is 0 Å². The summed E-state index contributed by atoms with van der Waals surface area (Å²) in [5, 5.41) is 10.6. The number of rotatable bonds is 70. The molecular formula is C77H134O17P2. The van der Waals surface area contributed by atoms with Crippen molar-refractivity contribution in [1.82, 2.24) is 0 Å². The van der Waals surface area contributed by atoms with Crippen LogP contribution < -0.4 is 0 Å². The van der Waals surface area contributed by atoms with E-state index in [2.05, 4.69) is 125 Å². The van der Waals surface area contributed by atoms with Crippen molar-refractivity contribution in [2.45, 2.75) is 329 Å². The van der Waals surface area contributed by atoms with Crippen LogP contribution >= 0.6 is 15.6 Å². The summed E-state index contributed by atoms with van der Waals surface area (Å²) in [5.41, 5.74) is 0. The number of phosphoric ester groups is 2. The molecule has 0 bridgehead atoms. The van der Waals surface area contributed by atoms with Crippen LogP contribution in [0.15, 0.2) is 97.2 Å². The molecule has 0 aromatic carbocycles. The minimum absolute atomic E-state index is 0.0731. The third-order valence-electron chi connectivity index (χ3n) is 15.5. The summed E-state index contributed by atoms with van der Waals surface area (Å²) in [4.78, 5) is 72.7. The average Bonchev–Trinajstić information content (AvgIpc) is 2.18. The van der Waals surface area contributed by atoms with Gasteiger partial charge in [-0.15, -0.1) is 0 Å². The molecule has 554 valence electrons. The Morgan fingerprint density at radius 2 is 0.562 bits per heavy atom. The summed E-state index contributed by atoms with van der Waals surface area (Å²) in [6.07, 6.45) is 71.2. The molecule has 0 aliphatic heterocycles. The number of aliphatic hydroxyl groups is 1. The highest BCUT2D eigenvalue weighted by Crippen LogP contribution is 2.45. The predicted molar refractivity (Wildman–Crippen MR) is 390 cm³/mol. The summed E-state index contributed by atoms with van der Waals surface area (Å²) in [5.74, 6) is -2.22. The van der Waals surface area contributed by atoms with E-state index in [4.69, 9.17) is 37.0 Å². The topological polar surface area (TPSA) is 237 Å². The number of allylic oxidation sites excluding steroid dienone is 16. The molecule has 96 heavy (non-hydrogen) atoms. The Kier molecular flexibility index (Phi) is 66.6. The first kappa shape index (κ1) is 92.0. The quantitative estimate of drug-likeness (QED) is 0.0169. The van der Waals surface area contributed by atoms with Gasteiger partial charge in [0.1, 0.15) is 19.3 Å². The van der Waals surface area contributed by atoms with E-state index in [1.54, 1.807) is 0 Å². The van der Waals surface area contributed by atoms with Crippen molar-refractivity contribution >= 4 is 39.5 Å². The van der Waals surface area contributed by atoms with Gasteiger partial charge in [-0.3, -0.25) is 37.3 Å². The molecule has 0 heterocycles. The SMILES string of the molecule is CC/C=C\C/C=C\C/C=C\C/C=C\CCCCCCC(=O)OCC(COP(=O)(O)OCC(O)COP(=O)(O)OCC(COC(=O)CCCCCCC/C=C\C/C=C\CCC)OC(=O)CCCCCCCCCCCCC)OC(=O)CCCCCCC/C=C\C/C=C\CCCCC. The van der Waals surface area contributed by atoms with Crippen LogP contribution in [-0.4, -0.2) is 96.7 Å². The Labute approximate surface area is 582 Å². The lowest BCUT2D eigenvalue weighted by Gasteiger charge is -2.21. The average molecular weight is 1390 g/mol. The molecule has 0 spiro atoms. The van der Waals surface area contributed by atoms with E-state index in [9.17, 15) is 43.2 Å². The molecule has 0 amide bonds. The van der Waals surface area contributed by atoms with Gasteiger partial charge in [-0.05, 0) is 122 Å². The smallest absolute Gasteiger partial charge is 0.462 e. The first-order chi connectivity index (χ1) is 46.7. The second kappa shape index (κ2) is 69.5. The molecule has 3 N–H and O–H groups in total. The highest BCUT2D eigenvalue weighted by Gasteiger charge is 2.30. The number of unbranched alkanes of at least 4 members (excludes halogenated alkanes) is 28. The second-order valence-electron chi connectivity index (χ2n) is 24.9. The summed E-state index contributed by atoms with van der Waals surface area (Å²) in [6.45, 7) is 4.61. The van der Waals surface area contributed by atoms with Gasteiger partial charge in [0.2, 0.25) is 0 Å². The third-order valence-corrected chi connectivity index (χ3v) is 17.4. The monoisotopic (exact) mass is 1390 g/mol. The second-order valence-corrected chi connectivity index (χ2v) is 27.8. The van der Waals surface area contributed by atoms with Crippen molar-refractivity contribution in [3.63, 3.8) is 0 Å². The largest absolute Gasteiger partial charge is 0.472 e. The Balaban J connectivity index is 5.36. The van der Waals surface area contributed by atoms with Crippen molar-refractivity contribution in [3.05, 3.63) is 97.2 Å². The van der Waals surface area contributed by atoms with Crippen LogP contribution in [0.5, 0.6) is 0 Å². The van der Waals surface area contributed by atoms with Crippen molar-refractivity contribution in [1.29, 1.82) is 0 Å². The molecule has 0 saturated heterocycles. The lowest BCUT2D eigenvalue weighted by atomic mass is 10.1. The van der Waals surface area contributed by atoms with Crippen LogP contribution in [0.25, 0.3) is 0 Å². The number of hydrogen-bond donors (Lipinski definition) is 3. The van der Waals surface area contributed by atoms with Crippen LogP contribution in [0, 0.1) is 0 Å². The molecule has 0 rings (SSSR count). The lowest BCUT2D eigenvalue weighted by molar-refractivity contribution is -0.161. The molecule has 17 nitrogen and oxygen atoms in total. The zero-order valence-electron chi connectivity index (χ0n) is 60.3. The van der Waals surface area contributed by atoms with Crippen LogP contribution in [0.1, 0.15) is 310 Å². The zero-order chi connectivity index (χ0) is 70.4. The highest BCUT2D eigenvalue weighted by molar-refractivity contribution is 7.47. The van der Waals surface area contributed by atoms with Crippen molar-refractivity contribution < 1.29 is 80.2 Å². The Morgan fingerprint density at radius 1 is 0.302 bits per heavy atom. The van der Waals surface area contributed by atoms with Crippen LogP contribution in [0.2, 0.25) is 0 Å². The van der Waals surface area contributed by atoms with E-state index >= 15 is 0 Å². The van der Waals surface area contributed by atoms with Crippen LogP contribution in [0.3, 0.4) is 0 Å². The number of phosphoric acid groups is 2. The fourth-order valence-electron chi connectivity index (χ4n) is 9.81. The molecule has 5 unspecified atom stereocenters. The van der Waals surface area contributed by atoms with E-state index in [0.29, 0.717) is 25.7 Å². The number of ether oxygens (including phenoxy) is 4. The summed E-state index contributed by atoms with van der Waals surface area (Å²) < 4.78 is 68.4. The molecule has 0 aromatic rings. The van der Waals surface area contributed by atoms with Crippen LogP contribution in [0.4, 0.5) is 0 Å². The van der Waals surface area contributed by atoms with E-state index in [1.165, 1.54) is 57.8 Å². The Hall–Kier alpha value is -4.02. The number of carbonyl (C=O) groups is 4. The Bertz CT molecular complexity index is 2200. The van der Waals surface area contributed by atoms with Gasteiger partial charge in [0.15, 0.2) is 12.2 Å². The van der Waals surface area contributed by atoms with E-state index in [-0.39, 0.29) is 25.7 Å². The fourth-order valence-corrected chi connectivity index (χ4v) is 11.4. The summed E-state index contributed by atoms with van der Waals surface area (Å²) in [7, 11) is -9.95. The van der Waals surface area contributed by atoms with E-state index < -0.39 is 97.5 Å². The fraction of sp³-hybridized carbons (Fsp3) is 0.740. The van der Waals surface area contributed by atoms with Gasteiger partial charge in [-0.25, -0.2) is 9.13 Å². The molecular weight excluding hydrogens is 1260 g/mol. The van der Waals surface area contributed by atoms with Gasteiger partial charge in [0.05, 0.1) is 26.4 Å². The van der Waals surface area contributed by atoms with E-state index in [1.807, 2.05) is 0 Å². The van der Waals surface area contributed by atoms with Gasteiger partial charge in [0, 0.05) is 25.7 Å². The number of aliphatic hydroxyl groups excluding tert-OH is 1. The highest BCUT2D eigenvalue weighted by atomic mass is 31.2. The molecule has 0 saturated carbocycles. The number of hydrogen-bond acceptors (Lipinski definition) is 15. The summed E-state index contributed by atoms with van der Waals surface area (Å²) >= 11 is 0. The van der Waals surface area contributed by atoms with Gasteiger partial charge in [-0.1, -0.05) is 260 Å². The molecule has 0 aromatic heterocycles. The molecule has 5 atom stereocenters. The normalized spacial score (nSPS) is 14.5. The molecule has 19 heteroatoms. The maximum atomic E-state index is 13.1. The lowest BCUT2D eigenvalue weighted by Crippen LogP contribution is -2.30. The molecule has 0 aliphatic carbocycles. The maximum Gasteiger partial charge on any atom is 0.472 e. The minimum Gasteiger partial charge on any atom is -0.462 e. The zero-order valence-corrected chi connectivity index (χ0v) is 62.1. The molecule has 0 radical (unpaired) electrons. The van der Waals surface area contributed by atoms with Gasteiger partial charge in [0.25, 0.3) is 0 Å². The van der Waals surface area contributed by atoms with Gasteiger partial charge in [-0.2, -0.15) is 0 Å². The van der Waals surface area contributed by atoms with Gasteiger partial charge >= 0.3 is 39.5 Å². The van der Waals surface area contributed by atoms with Gasteiger partial charge < -0.3 is 33.8 Å². The Morgan fingerprint density at radius 3 is 0.896 bits per heavy atom. The number of esters is 4. The molecule has 0 fully saturated rings. The molecule has 0 aliphatic rings.